The molecule has 0 aliphatic rings. The summed E-state index contributed by atoms with van der Waals surface area (Å²) in [5.74, 6) is 0.536. The van der Waals surface area contributed by atoms with Crippen molar-refractivity contribution in [3.8, 4) is 0 Å². The molecule has 0 amide bonds. The number of aliphatic hydroxyl groups is 3. The fourth-order valence-electron chi connectivity index (χ4n) is 6.32. The van der Waals surface area contributed by atoms with E-state index in [0.29, 0.717) is 12.8 Å². The van der Waals surface area contributed by atoms with Crippen LogP contribution in [-0.2, 0) is 0 Å². The van der Waals surface area contributed by atoms with Crippen LogP contribution in [0.25, 0.3) is 0 Å². The maximum Gasteiger partial charge on any atom is 0.0728 e. The zero-order chi connectivity index (χ0) is 26.2. The predicted octanol–water partition coefficient (Wildman–Crippen LogP) is 7.85. The van der Waals surface area contributed by atoms with Gasteiger partial charge >= 0.3 is 0 Å². The topological polar surface area (TPSA) is 60.7 Å². The van der Waals surface area contributed by atoms with Gasteiger partial charge in [-0.25, -0.2) is 0 Å². The Bertz CT molecular complexity index is 469. The van der Waals surface area contributed by atoms with Gasteiger partial charge in [-0.05, 0) is 54.3 Å². The van der Waals surface area contributed by atoms with Crippen LogP contribution in [0.3, 0.4) is 0 Å². The van der Waals surface area contributed by atoms with Crippen LogP contribution < -0.4 is 0 Å². The Morgan fingerprint density at radius 2 is 0.636 bits per heavy atom. The summed E-state index contributed by atoms with van der Waals surface area (Å²) in [7, 11) is 0. The van der Waals surface area contributed by atoms with Gasteiger partial charge in [0.2, 0.25) is 0 Å². The molecule has 3 nitrogen and oxygen atoms in total. The standard InChI is InChI=1S/C30H62O3/c1-13-21(7)28(31,22(8)14-2)19-27(30(33,25(11)17-5)26(12)18-6)20-29(32,23(9)15-3)24(10)16-4/h21-27,31-33H,13-20H2,1-12H3. The predicted molar refractivity (Wildman–Crippen MR) is 144 cm³/mol. The highest BCUT2D eigenvalue weighted by molar-refractivity contribution is 5.04. The Morgan fingerprint density at radius 1 is 0.424 bits per heavy atom. The second-order valence-electron chi connectivity index (χ2n) is 11.8. The summed E-state index contributed by atoms with van der Waals surface area (Å²) in [6.07, 6.45) is 6.45. The molecule has 0 aliphatic heterocycles. The van der Waals surface area contributed by atoms with E-state index >= 15 is 0 Å². The van der Waals surface area contributed by atoms with Crippen LogP contribution in [0.5, 0.6) is 0 Å². The molecule has 3 heteroatoms. The van der Waals surface area contributed by atoms with Crippen molar-refractivity contribution in [2.75, 3.05) is 0 Å². The lowest BCUT2D eigenvalue weighted by molar-refractivity contribution is -0.179. The van der Waals surface area contributed by atoms with E-state index in [2.05, 4.69) is 83.1 Å². The number of rotatable bonds is 17. The van der Waals surface area contributed by atoms with Crippen LogP contribution in [-0.4, -0.2) is 32.1 Å². The first-order chi connectivity index (χ1) is 15.2. The van der Waals surface area contributed by atoms with E-state index in [1.807, 2.05) is 0 Å². The van der Waals surface area contributed by atoms with Gasteiger partial charge in [0.15, 0.2) is 0 Å². The van der Waals surface area contributed by atoms with Crippen LogP contribution >= 0.6 is 0 Å². The van der Waals surface area contributed by atoms with E-state index < -0.39 is 16.8 Å². The van der Waals surface area contributed by atoms with Crippen LogP contribution in [0.1, 0.15) is 134 Å². The molecular weight excluding hydrogens is 408 g/mol. The maximum absolute atomic E-state index is 12.5. The lowest BCUT2D eigenvalue weighted by Gasteiger charge is -2.53. The highest BCUT2D eigenvalue weighted by Crippen LogP contribution is 2.50. The van der Waals surface area contributed by atoms with Gasteiger partial charge in [0.05, 0.1) is 16.8 Å². The summed E-state index contributed by atoms with van der Waals surface area (Å²) in [6.45, 7) is 25.9. The number of hydrogen-bond donors (Lipinski definition) is 3. The molecule has 0 bridgehead atoms. The minimum atomic E-state index is -0.937. The molecule has 33 heavy (non-hydrogen) atoms. The van der Waals surface area contributed by atoms with Crippen molar-refractivity contribution in [1.29, 1.82) is 0 Å². The fraction of sp³-hybridized carbons (Fsp3) is 1.00. The second-order valence-corrected chi connectivity index (χ2v) is 11.8. The second kappa shape index (κ2) is 13.8. The van der Waals surface area contributed by atoms with Crippen molar-refractivity contribution in [2.24, 2.45) is 41.4 Å². The van der Waals surface area contributed by atoms with Crippen molar-refractivity contribution >= 4 is 0 Å². The molecule has 6 atom stereocenters. The summed E-state index contributed by atoms with van der Waals surface area (Å²) in [4.78, 5) is 0. The zero-order valence-corrected chi connectivity index (χ0v) is 24.5. The molecule has 0 aliphatic carbocycles. The quantitative estimate of drug-likeness (QED) is 0.203. The Hall–Kier alpha value is -0.120. The summed E-state index contributed by atoms with van der Waals surface area (Å²) in [6, 6.07) is 0. The van der Waals surface area contributed by atoms with Crippen molar-refractivity contribution in [3.05, 3.63) is 0 Å². The molecule has 0 saturated carbocycles. The lowest BCUT2D eigenvalue weighted by atomic mass is 9.58. The van der Waals surface area contributed by atoms with E-state index in [-0.39, 0.29) is 41.4 Å². The molecule has 0 heterocycles. The molecule has 0 aromatic heterocycles. The van der Waals surface area contributed by atoms with E-state index in [0.717, 1.165) is 38.5 Å². The fourth-order valence-corrected chi connectivity index (χ4v) is 6.32. The van der Waals surface area contributed by atoms with E-state index in [1.54, 1.807) is 0 Å². The molecule has 0 aromatic carbocycles. The summed E-state index contributed by atoms with van der Waals surface area (Å²) >= 11 is 0. The normalized spacial score (nSPS) is 24.5. The van der Waals surface area contributed by atoms with Crippen molar-refractivity contribution in [3.63, 3.8) is 0 Å². The molecule has 0 spiro atoms. The van der Waals surface area contributed by atoms with Crippen LogP contribution in [0, 0.1) is 41.4 Å². The van der Waals surface area contributed by atoms with Gasteiger partial charge in [0, 0.05) is 0 Å². The Balaban J connectivity index is 6.90. The zero-order valence-electron chi connectivity index (χ0n) is 24.5. The minimum Gasteiger partial charge on any atom is -0.389 e. The van der Waals surface area contributed by atoms with Gasteiger partial charge < -0.3 is 15.3 Å². The SMILES string of the molecule is CCC(C)C(O)(CC(CC(O)(C(C)CC)C(C)CC)C(O)(C(C)CC)C(C)CC)C(C)CC. The average molecular weight is 471 g/mol. The number of hydrogen-bond acceptors (Lipinski definition) is 3. The molecule has 0 fully saturated rings. The van der Waals surface area contributed by atoms with E-state index in [1.165, 1.54) is 0 Å². The van der Waals surface area contributed by atoms with Gasteiger partial charge in [-0.15, -0.1) is 0 Å². The van der Waals surface area contributed by atoms with Crippen molar-refractivity contribution < 1.29 is 15.3 Å². The molecule has 0 rings (SSSR count). The van der Waals surface area contributed by atoms with Gasteiger partial charge in [0.1, 0.15) is 0 Å². The third-order valence-corrected chi connectivity index (χ3v) is 10.5. The highest BCUT2D eigenvalue weighted by Gasteiger charge is 2.53. The summed E-state index contributed by atoms with van der Waals surface area (Å²) < 4.78 is 0. The molecule has 200 valence electrons. The minimum absolute atomic E-state index is 0.0914. The van der Waals surface area contributed by atoms with Crippen LogP contribution in [0.2, 0.25) is 0 Å². The van der Waals surface area contributed by atoms with E-state index in [4.69, 9.17) is 0 Å². The Kier molecular flexibility index (Phi) is 13.8. The van der Waals surface area contributed by atoms with Gasteiger partial charge in [-0.3, -0.25) is 0 Å². The lowest BCUT2D eigenvalue weighted by Crippen LogP contribution is -2.57. The van der Waals surface area contributed by atoms with Gasteiger partial charge in [-0.1, -0.05) is 122 Å². The van der Waals surface area contributed by atoms with Crippen molar-refractivity contribution in [2.45, 2.75) is 151 Å². The first kappa shape index (κ1) is 32.9. The summed E-state index contributed by atoms with van der Waals surface area (Å²) in [5.41, 5.74) is -2.67. The largest absolute Gasteiger partial charge is 0.389 e. The third kappa shape index (κ3) is 6.98. The molecule has 0 saturated heterocycles. The highest BCUT2D eigenvalue weighted by atomic mass is 16.3. The molecule has 0 radical (unpaired) electrons. The van der Waals surface area contributed by atoms with Crippen LogP contribution in [0.15, 0.2) is 0 Å². The molecule has 3 N–H and O–H groups in total. The van der Waals surface area contributed by atoms with Crippen molar-refractivity contribution in [1.82, 2.24) is 0 Å². The molecular formula is C30H62O3. The maximum atomic E-state index is 12.5. The first-order valence-electron chi connectivity index (χ1n) is 14.4. The summed E-state index contributed by atoms with van der Waals surface area (Å²) in [5, 5.41) is 36.9. The van der Waals surface area contributed by atoms with Crippen LogP contribution in [0.4, 0.5) is 0 Å². The monoisotopic (exact) mass is 470 g/mol. The average Bonchev–Trinajstić information content (AvgIpc) is 2.83. The first-order valence-corrected chi connectivity index (χ1v) is 14.4. The van der Waals surface area contributed by atoms with E-state index in [9.17, 15) is 15.3 Å². The third-order valence-electron chi connectivity index (χ3n) is 10.5. The molecule has 0 aromatic rings. The smallest absolute Gasteiger partial charge is 0.0728 e. The Labute approximate surface area is 208 Å². The Morgan fingerprint density at radius 3 is 0.818 bits per heavy atom. The van der Waals surface area contributed by atoms with Gasteiger partial charge in [0.25, 0.3) is 0 Å². The molecule has 6 unspecified atom stereocenters. The van der Waals surface area contributed by atoms with Gasteiger partial charge in [-0.2, -0.15) is 0 Å².